The summed E-state index contributed by atoms with van der Waals surface area (Å²) in [5.41, 5.74) is 1.46. The van der Waals surface area contributed by atoms with Gasteiger partial charge in [-0.15, -0.1) is 0 Å². The van der Waals surface area contributed by atoms with Gasteiger partial charge < -0.3 is 19.1 Å². The number of amides is 2. The minimum Gasteiger partial charge on any atom is -0.434 e. The molecule has 9 heteroatoms. The number of aromatic nitrogens is 1. The minimum absolute atomic E-state index is 0.0605. The zero-order valence-corrected chi connectivity index (χ0v) is 16.4. The molecule has 0 unspecified atom stereocenters. The molecule has 0 bridgehead atoms. The van der Waals surface area contributed by atoms with Crippen molar-refractivity contribution in [3.8, 4) is 17.0 Å². The summed E-state index contributed by atoms with van der Waals surface area (Å²) in [6, 6.07) is 16.8. The summed E-state index contributed by atoms with van der Waals surface area (Å²) in [5, 5.41) is 3.96. The van der Waals surface area contributed by atoms with Gasteiger partial charge in [-0.05, 0) is 12.1 Å². The number of piperazine rings is 1. The maximum atomic E-state index is 12.8. The van der Waals surface area contributed by atoms with E-state index in [0.29, 0.717) is 5.69 Å². The number of carbonyl (C=O) groups excluding carboxylic acids is 2. The van der Waals surface area contributed by atoms with Gasteiger partial charge in [-0.2, -0.15) is 8.78 Å². The molecule has 1 aromatic heterocycles. The van der Waals surface area contributed by atoms with Crippen LogP contribution in [0.5, 0.6) is 5.75 Å². The number of hydrogen-bond acceptors (Lipinski definition) is 5. The zero-order valence-electron chi connectivity index (χ0n) is 16.4. The standard InChI is InChI=1S/C22H19F2N3O4/c23-22(24)30-18-9-5-4-8-16(18)20(28)26-10-12-27(13-11-26)21(29)19-14-17(25-31-19)15-6-2-1-3-7-15/h1-9,14,22H,10-13H2. The van der Waals surface area contributed by atoms with E-state index >= 15 is 0 Å². The second-order valence-corrected chi connectivity index (χ2v) is 6.90. The van der Waals surface area contributed by atoms with E-state index in [2.05, 4.69) is 9.89 Å². The van der Waals surface area contributed by atoms with Crippen molar-refractivity contribution in [1.29, 1.82) is 0 Å². The highest BCUT2D eigenvalue weighted by atomic mass is 19.3. The van der Waals surface area contributed by atoms with E-state index < -0.39 is 12.5 Å². The molecule has 7 nitrogen and oxygen atoms in total. The lowest BCUT2D eigenvalue weighted by molar-refractivity contribution is -0.0503. The van der Waals surface area contributed by atoms with Crippen LogP contribution in [0, 0.1) is 0 Å². The molecule has 3 aromatic rings. The molecule has 2 amide bonds. The minimum atomic E-state index is -3.02. The largest absolute Gasteiger partial charge is 0.434 e. The van der Waals surface area contributed by atoms with Gasteiger partial charge in [-0.25, -0.2) is 0 Å². The average Bonchev–Trinajstić information content (AvgIpc) is 3.29. The number of nitrogens with zero attached hydrogens (tertiary/aromatic N) is 3. The van der Waals surface area contributed by atoms with Crippen molar-refractivity contribution >= 4 is 11.8 Å². The Labute approximate surface area is 176 Å². The molecule has 1 aliphatic rings. The smallest absolute Gasteiger partial charge is 0.387 e. The van der Waals surface area contributed by atoms with Crippen molar-refractivity contribution < 1.29 is 27.6 Å². The lowest BCUT2D eigenvalue weighted by Crippen LogP contribution is -2.50. The number of hydrogen-bond donors (Lipinski definition) is 0. The monoisotopic (exact) mass is 427 g/mol. The third kappa shape index (κ3) is 4.55. The predicted octanol–water partition coefficient (Wildman–Crippen LogP) is 3.54. The third-order valence-electron chi connectivity index (χ3n) is 4.98. The van der Waals surface area contributed by atoms with Gasteiger partial charge in [-0.1, -0.05) is 47.6 Å². The van der Waals surface area contributed by atoms with E-state index in [4.69, 9.17) is 4.52 Å². The quantitative estimate of drug-likeness (QED) is 0.623. The lowest BCUT2D eigenvalue weighted by Gasteiger charge is -2.34. The summed E-state index contributed by atoms with van der Waals surface area (Å²) in [5.74, 6) is -0.789. The highest BCUT2D eigenvalue weighted by molar-refractivity contribution is 5.97. The number of rotatable bonds is 5. The Hall–Kier alpha value is -3.75. The molecule has 2 aromatic carbocycles. The van der Waals surface area contributed by atoms with E-state index in [9.17, 15) is 18.4 Å². The predicted molar refractivity (Wildman–Crippen MR) is 107 cm³/mol. The van der Waals surface area contributed by atoms with Crippen LogP contribution in [-0.2, 0) is 0 Å². The van der Waals surface area contributed by atoms with E-state index in [0.717, 1.165) is 5.56 Å². The summed E-state index contributed by atoms with van der Waals surface area (Å²) in [6.45, 7) is -1.94. The molecular formula is C22H19F2N3O4. The molecule has 160 valence electrons. The number of para-hydroxylation sites is 1. The molecule has 0 saturated carbocycles. The maximum absolute atomic E-state index is 12.8. The molecular weight excluding hydrogens is 408 g/mol. The Bertz CT molecular complexity index is 1060. The number of halogens is 2. The molecule has 4 rings (SSSR count). The molecule has 31 heavy (non-hydrogen) atoms. The average molecular weight is 427 g/mol. The molecule has 1 fully saturated rings. The highest BCUT2D eigenvalue weighted by Gasteiger charge is 2.29. The van der Waals surface area contributed by atoms with Gasteiger partial charge in [-0.3, -0.25) is 9.59 Å². The van der Waals surface area contributed by atoms with Gasteiger partial charge in [0.2, 0.25) is 5.76 Å². The van der Waals surface area contributed by atoms with Crippen molar-refractivity contribution in [3.05, 3.63) is 72.0 Å². The summed E-state index contributed by atoms with van der Waals surface area (Å²) in [7, 11) is 0. The Kier molecular flexibility index (Phi) is 5.92. The topological polar surface area (TPSA) is 75.9 Å². The van der Waals surface area contributed by atoms with Crippen LogP contribution in [0.1, 0.15) is 20.9 Å². The van der Waals surface area contributed by atoms with Gasteiger partial charge in [0.1, 0.15) is 11.4 Å². The van der Waals surface area contributed by atoms with Crippen LogP contribution in [0.25, 0.3) is 11.3 Å². The fourth-order valence-electron chi connectivity index (χ4n) is 3.40. The Morgan fingerprint density at radius 3 is 2.19 bits per heavy atom. The van der Waals surface area contributed by atoms with Crippen LogP contribution < -0.4 is 4.74 Å². The van der Waals surface area contributed by atoms with Crippen LogP contribution in [-0.4, -0.2) is 59.6 Å². The van der Waals surface area contributed by atoms with Crippen molar-refractivity contribution in [1.82, 2.24) is 15.0 Å². The SMILES string of the molecule is O=C(c1cc(-c2ccccc2)no1)N1CCN(C(=O)c2ccccc2OC(F)F)CC1. The van der Waals surface area contributed by atoms with E-state index in [1.807, 2.05) is 30.3 Å². The van der Waals surface area contributed by atoms with E-state index in [-0.39, 0.29) is 49.2 Å². The third-order valence-corrected chi connectivity index (χ3v) is 4.98. The molecule has 2 heterocycles. The molecule has 0 aliphatic carbocycles. The second-order valence-electron chi connectivity index (χ2n) is 6.90. The Morgan fingerprint density at radius 1 is 0.903 bits per heavy atom. The zero-order chi connectivity index (χ0) is 21.8. The van der Waals surface area contributed by atoms with Crippen LogP contribution in [0.2, 0.25) is 0 Å². The number of ether oxygens (including phenoxy) is 1. The van der Waals surface area contributed by atoms with Gasteiger partial charge in [0.15, 0.2) is 0 Å². The number of carbonyl (C=O) groups is 2. The first-order valence-electron chi connectivity index (χ1n) is 9.67. The van der Waals surface area contributed by atoms with Crippen LogP contribution in [0.4, 0.5) is 8.78 Å². The Balaban J connectivity index is 1.39. The highest BCUT2D eigenvalue weighted by Crippen LogP contribution is 2.23. The van der Waals surface area contributed by atoms with Crippen LogP contribution in [0.3, 0.4) is 0 Å². The van der Waals surface area contributed by atoms with Gasteiger partial charge in [0, 0.05) is 37.8 Å². The van der Waals surface area contributed by atoms with E-state index in [1.54, 1.807) is 17.0 Å². The molecule has 0 radical (unpaired) electrons. The van der Waals surface area contributed by atoms with Crippen molar-refractivity contribution in [2.75, 3.05) is 26.2 Å². The summed E-state index contributed by atoms with van der Waals surface area (Å²) < 4.78 is 34.9. The first-order chi connectivity index (χ1) is 15.0. The lowest BCUT2D eigenvalue weighted by atomic mass is 10.1. The summed E-state index contributed by atoms with van der Waals surface area (Å²) in [6.07, 6.45) is 0. The fourth-order valence-corrected chi connectivity index (χ4v) is 3.40. The van der Waals surface area contributed by atoms with E-state index in [1.165, 1.54) is 23.1 Å². The molecule has 0 N–H and O–H groups in total. The number of benzene rings is 2. The first-order valence-corrected chi connectivity index (χ1v) is 9.67. The first kappa shape index (κ1) is 20.5. The fraction of sp³-hybridized carbons (Fsp3) is 0.227. The normalized spacial score (nSPS) is 14.0. The Morgan fingerprint density at radius 2 is 1.52 bits per heavy atom. The summed E-state index contributed by atoms with van der Waals surface area (Å²) in [4.78, 5) is 28.6. The van der Waals surface area contributed by atoms with Gasteiger partial charge in [0.05, 0.1) is 5.56 Å². The molecule has 1 saturated heterocycles. The van der Waals surface area contributed by atoms with Gasteiger partial charge in [0.25, 0.3) is 11.8 Å². The summed E-state index contributed by atoms with van der Waals surface area (Å²) >= 11 is 0. The van der Waals surface area contributed by atoms with Crippen LogP contribution in [0.15, 0.2) is 65.2 Å². The maximum Gasteiger partial charge on any atom is 0.387 e. The molecule has 1 aliphatic heterocycles. The molecule has 0 atom stereocenters. The number of alkyl halides is 2. The van der Waals surface area contributed by atoms with Crippen molar-refractivity contribution in [3.63, 3.8) is 0 Å². The molecule has 0 spiro atoms. The second kappa shape index (κ2) is 8.95. The van der Waals surface area contributed by atoms with Crippen molar-refractivity contribution in [2.24, 2.45) is 0 Å². The van der Waals surface area contributed by atoms with Crippen LogP contribution >= 0.6 is 0 Å². The van der Waals surface area contributed by atoms with Gasteiger partial charge >= 0.3 is 6.61 Å². The van der Waals surface area contributed by atoms with Crippen molar-refractivity contribution in [2.45, 2.75) is 6.61 Å².